The first-order valence-electron chi connectivity index (χ1n) is 4.57. The SMILES string of the molecule is CCCP(CCC)CCC.Cl. The van der Waals surface area contributed by atoms with Crippen LogP contribution < -0.4 is 0 Å². The highest BCUT2D eigenvalue weighted by Crippen LogP contribution is 2.37. The van der Waals surface area contributed by atoms with Crippen molar-refractivity contribution in [3.05, 3.63) is 0 Å². The lowest BCUT2D eigenvalue weighted by molar-refractivity contribution is 1.02. The van der Waals surface area contributed by atoms with Gasteiger partial charge < -0.3 is 0 Å². The summed E-state index contributed by atoms with van der Waals surface area (Å²) in [6.45, 7) is 6.92. The maximum Gasteiger partial charge on any atom is -0.0329 e. The van der Waals surface area contributed by atoms with E-state index in [0.29, 0.717) is 7.92 Å². The molecule has 0 rings (SSSR count). The number of rotatable bonds is 6. The van der Waals surface area contributed by atoms with Crippen LogP contribution in [0.25, 0.3) is 0 Å². The molecule has 0 fully saturated rings. The average Bonchev–Trinajstić information content (AvgIpc) is 1.90. The molecule has 0 spiro atoms. The average molecular weight is 197 g/mol. The Hall–Kier alpha value is 0.720. The topological polar surface area (TPSA) is 0 Å². The summed E-state index contributed by atoms with van der Waals surface area (Å²) in [6, 6.07) is 0. The molecule has 0 aliphatic carbocycles. The Labute approximate surface area is 79.3 Å². The first-order valence-corrected chi connectivity index (χ1v) is 6.47. The summed E-state index contributed by atoms with van der Waals surface area (Å²) in [5, 5.41) is 0. The van der Waals surface area contributed by atoms with E-state index >= 15 is 0 Å². The Morgan fingerprint density at radius 1 is 0.727 bits per heavy atom. The molecule has 0 N–H and O–H groups in total. The summed E-state index contributed by atoms with van der Waals surface area (Å²) in [7, 11) is 0.439. The molecule has 0 aliphatic heterocycles. The highest BCUT2D eigenvalue weighted by atomic mass is 35.5. The molecule has 0 aromatic carbocycles. The van der Waals surface area contributed by atoms with E-state index in [9.17, 15) is 0 Å². The van der Waals surface area contributed by atoms with Gasteiger partial charge in [0.15, 0.2) is 0 Å². The lowest BCUT2D eigenvalue weighted by Crippen LogP contribution is -1.92. The third kappa shape index (κ3) is 8.63. The van der Waals surface area contributed by atoms with Crippen LogP contribution in [0.3, 0.4) is 0 Å². The van der Waals surface area contributed by atoms with Gasteiger partial charge in [-0.05, 0) is 18.5 Å². The smallest absolute Gasteiger partial charge is 0.0329 e. The largest absolute Gasteiger partial charge is 0.147 e. The lowest BCUT2D eigenvalue weighted by atomic mass is 10.6. The van der Waals surface area contributed by atoms with Crippen molar-refractivity contribution in [2.75, 3.05) is 18.5 Å². The summed E-state index contributed by atoms with van der Waals surface area (Å²) in [4.78, 5) is 0. The van der Waals surface area contributed by atoms with Gasteiger partial charge in [-0.2, -0.15) is 0 Å². The summed E-state index contributed by atoms with van der Waals surface area (Å²) in [5.41, 5.74) is 0. The molecule has 0 heterocycles. The fraction of sp³-hybridized carbons (Fsp3) is 1.00. The Bertz CT molecular complexity index is 52.3. The lowest BCUT2D eigenvalue weighted by Gasteiger charge is -2.13. The number of hydrogen-bond acceptors (Lipinski definition) is 0. The highest BCUT2D eigenvalue weighted by Gasteiger charge is 2.02. The van der Waals surface area contributed by atoms with Gasteiger partial charge in [0.2, 0.25) is 0 Å². The molecule has 2 heteroatoms. The Morgan fingerprint density at radius 2 is 1.00 bits per heavy atom. The molecular weight excluding hydrogens is 175 g/mol. The van der Waals surface area contributed by atoms with Crippen molar-refractivity contribution in [2.45, 2.75) is 40.0 Å². The molecule has 0 atom stereocenters. The first kappa shape index (κ1) is 14.3. The van der Waals surface area contributed by atoms with Crippen LogP contribution in [0.5, 0.6) is 0 Å². The monoisotopic (exact) mass is 196 g/mol. The van der Waals surface area contributed by atoms with Gasteiger partial charge in [0.05, 0.1) is 0 Å². The molecule has 0 amide bonds. The zero-order chi connectivity index (χ0) is 7.82. The minimum atomic E-state index is 0. The molecule has 0 aliphatic rings. The van der Waals surface area contributed by atoms with Crippen molar-refractivity contribution in [3.63, 3.8) is 0 Å². The maximum atomic E-state index is 2.31. The molecule has 0 unspecified atom stereocenters. The summed E-state index contributed by atoms with van der Waals surface area (Å²) in [6.07, 6.45) is 8.72. The fourth-order valence-electron chi connectivity index (χ4n) is 1.28. The predicted octanol–water partition coefficient (Wildman–Crippen LogP) is 4.12. The van der Waals surface area contributed by atoms with Crippen LogP contribution in [0.4, 0.5) is 0 Å². The van der Waals surface area contributed by atoms with E-state index in [-0.39, 0.29) is 12.4 Å². The molecule has 0 saturated heterocycles. The molecule has 11 heavy (non-hydrogen) atoms. The van der Waals surface area contributed by atoms with Crippen LogP contribution in [0, 0.1) is 0 Å². The van der Waals surface area contributed by atoms with Crippen molar-refractivity contribution in [1.82, 2.24) is 0 Å². The quantitative estimate of drug-likeness (QED) is 0.561. The van der Waals surface area contributed by atoms with Crippen molar-refractivity contribution in [2.24, 2.45) is 0 Å². The van der Waals surface area contributed by atoms with E-state index in [1.807, 2.05) is 0 Å². The molecular formula is C9H22ClP. The second-order valence-electron chi connectivity index (χ2n) is 2.84. The Balaban J connectivity index is 0. The van der Waals surface area contributed by atoms with Gasteiger partial charge >= 0.3 is 0 Å². The van der Waals surface area contributed by atoms with Crippen LogP contribution in [-0.4, -0.2) is 18.5 Å². The van der Waals surface area contributed by atoms with Gasteiger partial charge in [0.1, 0.15) is 0 Å². The third-order valence-corrected chi connectivity index (χ3v) is 4.86. The van der Waals surface area contributed by atoms with Crippen molar-refractivity contribution < 1.29 is 0 Å². The molecule has 0 saturated carbocycles. The minimum Gasteiger partial charge on any atom is -0.147 e. The van der Waals surface area contributed by atoms with Gasteiger partial charge in [-0.3, -0.25) is 0 Å². The maximum absolute atomic E-state index is 2.31. The van der Waals surface area contributed by atoms with Crippen LogP contribution in [0.1, 0.15) is 40.0 Å². The van der Waals surface area contributed by atoms with Crippen LogP contribution in [0.15, 0.2) is 0 Å². The van der Waals surface area contributed by atoms with Crippen molar-refractivity contribution in [3.8, 4) is 0 Å². The fourth-order valence-corrected chi connectivity index (χ4v) is 3.85. The van der Waals surface area contributed by atoms with Gasteiger partial charge in [0, 0.05) is 0 Å². The Kier molecular flexibility index (Phi) is 13.9. The normalized spacial score (nSPS) is 9.82. The third-order valence-electron chi connectivity index (χ3n) is 1.62. The van der Waals surface area contributed by atoms with Crippen LogP contribution in [-0.2, 0) is 0 Å². The number of hydrogen-bond donors (Lipinski definition) is 0. The first-order chi connectivity index (χ1) is 4.85. The van der Waals surface area contributed by atoms with E-state index < -0.39 is 0 Å². The predicted molar refractivity (Wildman–Crippen MR) is 59.6 cm³/mol. The molecule has 0 aromatic rings. The summed E-state index contributed by atoms with van der Waals surface area (Å²) < 4.78 is 0. The van der Waals surface area contributed by atoms with Gasteiger partial charge in [-0.25, -0.2) is 0 Å². The molecule has 0 nitrogen and oxygen atoms in total. The molecule has 0 aromatic heterocycles. The second-order valence-corrected chi connectivity index (χ2v) is 5.52. The van der Waals surface area contributed by atoms with Crippen LogP contribution >= 0.6 is 20.3 Å². The van der Waals surface area contributed by atoms with E-state index in [1.165, 1.54) is 37.7 Å². The standard InChI is InChI=1S/C9H21P.ClH/c1-4-7-10(8-5-2)9-6-3;/h4-9H2,1-3H3;1H. The zero-order valence-corrected chi connectivity index (χ0v) is 9.81. The summed E-state index contributed by atoms with van der Waals surface area (Å²) >= 11 is 0. The van der Waals surface area contributed by atoms with E-state index in [4.69, 9.17) is 0 Å². The molecule has 0 bridgehead atoms. The Morgan fingerprint density at radius 3 is 1.18 bits per heavy atom. The van der Waals surface area contributed by atoms with E-state index in [2.05, 4.69) is 20.8 Å². The summed E-state index contributed by atoms with van der Waals surface area (Å²) in [5.74, 6) is 0. The minimum absolute atomic E-state index is 0. The number of halogens is 1. The molecule has 0 radical (unpaired) electrons. The van der Waals surface area contributed by atoms with Gasteiger partial charge in [-0.15, -0.1) is 20.3 Å². The van der Waals surface area contributed by atoms with Crippen molar-refractivity contribution in [1.29, 1.82) is 0 Å². The van der Waals surface area contributed by atoms with Gasteiger partial charge in [-0.1, -0.05) is 40.0 Å². The van der Waals surface area contributed by atoms with E-state index in [0.717, 1.165) is 0 Å². The molecule has 70 valence electrons. The van der Waals surface area contributed by atoms with Crippen molar-refractivity contribution >= 4 is 20.3 Å². The van der Waals surface area contributed by atoms with Crippen LogP contribution in [0.2, 0.25) is 0 Å². The highest BCUT2D eigenvalue weighted by molar-refractivity contribution is 7.57. The van der Waals surface area contributed by atoms with Gasteiger partial charge in [0.25, 0.3) is 0 Å². The zero-order valence-electron chi connectivity index (χ0n) is 8.10. The second kappa shape index (κ2) is 10.7. The van der Waals surface area contributed by atoms with E-state index in [1.54, 1.807) is 0 Å².